The molecule has 4 heteroatoms. The van der Waals surface area contributed by atoms with Gasteiger partial charge < -0.3 is 10.2 Å². The molecule has 0 aromatic heterocycles. The molecule has 0 radical (unpaired) electrons. The molecule has 1 aliphatic carbocycles. The zero-order valence-electron chi connectivity index (χ0n) is 13.5. The fraction of sp³-hybridized carbons (Fsp3) is 0.350. The van der Waals surface area contributed by atoms with Crippen LogP contribution in [0.5, 0.6) is 0 Å². The van der Waals surface area contributed by atoms with Gasteiger partial charge in [0.1, 0.15) is 0 Å². The van der Waals surface area contributed by atoms with Crippen molar-refractivity contribution in [3.8, 4) is 0 Å². The summed E-state index contributed by atoms with van der Waals surface area (Å²) in [7, 11) is 0. The molecule has 24 heavy (non-hydrogen) atoms. The predicted molar refractivity (Wildman–Crippen MR) is 97.4 cm³/mol. The summed E-state index contributed by atoms with van der Waals surface area (Å²) in [5.74, 6) is 0.782. The number of para-hydroxylation sites is 1. The smallest absolute Gasteiger partial charge is 0.240 e. The van der Waals surface area contributed by atoms with E-state index in [1.807, 2.05) is 35.2 Å². The summed E-state index contributed by atoms with van der Waals surface area (Å²) in [5.41, 5.74) is 3.55. The van der Waals surface area contributed by atoms with Crippen LogP contribution < -0.4 is 10.2 Å². The van der Waals surface area contributed by atoms with Gasteiger partial charge in [-0.15, -0.1) is 0 Å². The van der Waals surface area contributed by atoms with E-state index in [2.05, 4.69) is 23.5 Å². The topological polar surface area (TPSA) is 32.3 Å². The number of hydrogen-bond donors (Lipinski definition) is 1. The molecule has 0 saturated heterocycles. The van der Waals surface area contributed by atoms with Crippen molar-refractivity contribution < 1.29 is 4.79 Å². The molecule has 0 bridgehead atoms. The highest BCUT2D eigenvalue weighted by Crippen LogP contribution is 2.41. The molecule has 3 nitrogen and oxygen atoms in total. The van der Waals surface area contributed by atoms with Crippen LogP contribution in [0.4, 0.5) is 5.69 Å². The van der Waals surface area contributed by atoms with Crippen LogP contribution in [-0.2, 0) is 11.2 Å². The zero-order chi connectivity index (χ0) is 16.5. The maximum atomic E-state index is 12.7. The Bertz CT molecular complexity index is 740. The summed E-state index contributed by atoms with van der Waals surface area (Å²) in [6.45, 7) is 1.16. The Morgan fingerprint density at radius 2 is 1.92 bits per heavy atom. The van der Waals surface area contributed by atoms with E-state index >= 15 is 0 Å². The normalized spacial score (nSPS) is 17.6. The monoisotopic (exact) mass is 340 g/mol. The van der Waals surface area contributed by atoms with Crippen LogP contribution in [0.15, 0.2) is 48.5 Å². The van der Waals surface area contributed by atoms with Gasteiger partial charge in [-0.05, 0) is 54.5 Å². The van der Waals surface area contributed by atoms with Crippen molar-refractivity contribution in [3.05, 3.63) is 64.7 Å². The first kappa shape index (κ1) is 15.7. The van der Waals surface area contributed by atoms with Crippen LogP contribution >= 0.6 is 11.6 Å². The average molecular weight is 341 g/mol. The van der Waals surface area contributed by atoms with Gasteiger partial charge in [-0.1, -0.05) is 41.9 Å². The molecular weight excluding hydrogens is 320 g/mol. The van der Waals surface area contributed by atoms with Crippen molar-refractivity contribution in [2.45, 2.75) is 25.3 Å². The highest BCUT2D eigenvalue weighted by Gasteiger charge is 2.33. The van der Waals surface area contributed by atoms with E-state index in [1.165, 1.54) is 24.0 Å². The molecule has 1 atom stereocenters. The lowest BCUT2D eigenvalue weighted by molar-refractivity contribution is -0.117. The highest BCUT2D eigenvalue weighted by molar-refractivity contribution is 6.30. The van der Waals surface area contributed by atoms with E-state index in [0.717, 1.165) is 23.7 Å². The number of rotatable bonds is 5. The van der Waals surface area contributed by atoms with Crippen LogP contribution in [0, 0.1) is 5.92 Å². The molecule has 1 fully saturated rings. The molecule has 1 heterocycles. The van der Waals surface area contributed by atoms with E-state index in [4.69, 9.17) is 11.6 Å². The van der Waals surface area contributed by atoms with Gasteiger partial charge >= 0.3 is 0 Å². The van der Waals surface area contributed by atoms with Crippen molar-refractivity contribution in [1.82, 2.24) is 5.32 Å². The van der Waals surface area contributed by atoms with Crippen LogP contribution in [0.25, 0.3) is 0 Å². The van der Waals surface area contributed by atoms with E-state index in [9.17, 15) is 4.79 Å². The number of amides is 1. The Labute approximate surface area is 147 Å². The number of carbonyl (C=O) groups excluding carboxylic acids is 1. The first-order valence-corrected chi connectivity index (χ1v) is 8.97. The molecule has 2 aromatic rings. The molecule has 1 unspecified atom stereocenters. The minimum absolute atomic E-state index is 0.152. The third-order valence-electron chi connectivity index (χ3n) is 4.98. The lowest BCUT2D eigenvalue weighted by Gasteiger charge is -2.22. The molecule has 124 valence electrons. The van der Waals surface area contributed by atoms with E-state index in [1.54, 1.807) is 0 Å². The Morgan fingerprint density at radius 1 is 1.17 bits per heavy atom. The number of nitrogens with one attached hydrogen (secondary N) is 1. The van der Waals surface area contributed by atoms with Gasteiger partial charge in [-0.2, -0.15) is 0 Å². The fourth-order valence-corrected chi connectivity index (χ4v) is 3.67. The van der Waals surface area contributed by atoms with Crippen molar-refractivity contribution in [2.75, 3.05) is 18.0 Å². The quantitative estimate of drug-likeness (QED) is 0.893. The van der Waals surface area contributed by atoms with Crippen LogP contribution in [0.2, 0.25) is 5.02 Å². The summed E-state index contributed by atoms with van der Waals surface area (Å²) in [4.78, 5) is 14.6. The Morgan fingerprint density at radius 3 is 2.67 bits per heavy atom. The summed E-state index contributed by atoms with van der Waals surface area (Å²) < 4.78 is 0. The third-order valence-corrected chi connectivity index (χ3v) is 5.24. The summed E-state index contributed by atoms with van der Waals surface area (Å²) in [6, 6.07) is 16.4. The van der Waals surface area contributed by atoms with Crippen molar-refractivity contribution in [2.24, 2.45) is 5.92 Å². The largest absolute Gasteiger partial charge is 0.311 e. The first-order valence-electron chi connectivity index (χ1n) is 8.59. The predicted octanol–water partition coefficient (Wildman–Crippen LogP) is 3.97. The molecule has 1 saturated carbocycles. The molecule has 1 amide bonds. The fourth-order valence-electron chi connectivity index (χ4n) is 3.55. The number of carbonyl (C=O) groups is 1. The van der Waals surface area contributed by atoms with Gasteiger partial charge in [0.2, 0.25) is 5.91 Å². The lowest BCUT2D eigenvalue weighted by Crippen LogP contribution is -2.39. The maximum absolute atomic E-state index is 12.7. The Balaban J connectivity index is 1.43. The number of anilines is 1. The second-order valence-corrected chi connectivity index (χ2v) is 7.11. The van der Waals surface area contributed by atoms with Crippen molar-refractivity contribution in [3.63, 3.8) is 0 Å². The highest BCUT2D eigenvalue weighted by atomic mass is 35.5. The molecule has 1 N–H and O–H groups in total. The van der Waals surface area contributed by atoms with Gasteiger partial charge in [0.15, 0.2) is 0 Å². The van der Waals surface area contributed by atoms with E-state index < -0.39 is 0 Å². The second-order valence-electron chi connectivity index (χ2n) is 6.67. The summed E-state index contributed by atoms with van der Waals surface area (Å²) in [5, 5.41) is 4.24. The Kier molecular flexibility index (Phi) is 4.30. The van der Waals surface area contributed by atoms with Gasteiger partial charge in [0.05, 0.1) is 6.54 Å². The molecular formula is C20H21ClN2O. The Hall–Kier alpha value is -1.84. The first-order chi connectivity index (χ1) is 11.7. The average Bonchev–Trinajstić information content (AvgIpc) is 3.34. The number of fused-ring (bicyclic) bond motifs is 1. The molecule has 4 rings (SSSR count). The van der Waals surface area contributed by atoms with Crippen LogP contribution in [-0.4, -0.2) is 19.0 Å². The van der Waals surface area contributed by atoms with Gasteiger partial charge in [-0.3, -0.25) is 4.79 Å². The van der Waals surface area contributed by atoms with Crippen LogP contribution in [0.3, 0.4) is 0 Å². The second kappa shape index (κ2) is 6.58. The number of hydrogen-bond acceptors (Lipinski definition) is 2. The minimum atomic E-state index is 0.152. The van der Waals surface area contributed by atoms with E-state index in [0.29, 0.717) is 12.5 Å². The lowest BCUT2D eigenvalue weighted by atomic mass is 10.0. The zero-order valence-corrected chi connectivity index (χ0v) is 14.3. The molecule has 2 aromatic carbocycles. The van der Waals surface area contributed by atoms with Gasteiger partial charge in [0, 0.05) is 23.3 Å². The summed E-state index contributed by atoms with van der Waals surface area (Å²) in [6.07, 6.45) is 3.40. The number of nitrogens with zero attached hydrogens (tertiary/aromatic N) is 1. The van der Waals surface area contributed by atoms with Gasteiger partial charge in [0.25, 0.3) is 0 Å². The standard InChI is InChI=1S/C20H21ClN2O/c21-17-9-7-16(8-10-17)20(15-5-6-15)22-13-19(24)23-12-11-14-3-1-2-4-18(14)23/h1-4,7-10,15,20,22H,5-6,11-13H2. The van der Waals surface area contributed by atoms with Gasteiger partial charge in [-0.25, -0.2) is 0 Å². The van der Waals surface area contributed by atoms with Crippen molar-refractivity contribution >= 4 is 23.2 Å². The molecule has 1 aliphatic heterocycles. The van der Waals surface area contributed by atoms with Crippen molar-refractivity contribution in [1.29, 1.82) is 0 Å². The number of halogens is 1. The SMILES string of the molecule is O=C(CNC(c1ccc(Cl)cc1)C1CC1)N1CCc2ccccc21. The third kappa shape index (κ3) is 3.19. The minimum Gasteiger partial charge on any atom is -0.311 e. The molecule has 2 aliphatic rings. The number of benzene rings is 2. The van der Waals surface area contributed by atoms with E-state index in [-0.39, 0.29) is 11.9 Å². The van der Waals surface area contributed by atoms with Crippen LogP contribution in [0.1, 0.15) is 30.0 Å². The maximum Gasteiger partial charge on any atom is 0.240 e. The molecule has 0 spiro atoms. The summed E-state index contributed by atoms with van der Waals surface area (Å²) >= 11 is 5.99.